The maximum Gasteiger partial charge on any atom is 0.148 e. The van der Waals surface area contributed by atoms with Gasteiger partial charge in [0.05, 0.1) is 5.75 Å². The van der Waals surface area contributed by atoms with E-state index in [1.54, 1.807) is 11.8 Å². The van der Waals surface area contributed by atoms with E-state index in [-0.39, 0.29) is 0 Å². The van der Waals surface area contributed by atoms with Crippen LogP contribution in [0.1, 0.15) is 6.42 Å². The second-order valence-corrected chi connectivity index (χ2v) is 6.78. The van der Waals surface area contributed by atoms with E-state index >= 15 is 0 Å². The third kappa shape index (κ3) is 4.33. The van der Waals surface area contributed by atoms with Crippen LogP contribution in [-0.2, 0) is 9.84 Å². The highest BCUT2D eigenvalue weighted by Crippen LogP contribution is 2.17. The van der Waals surface area contributed by atoms with Crippen LogP contribution in [0.4, 0.5) is 0 Å². The highest BCUT2D eigenvalue weighted by atomic mass is 32.2. The van der Waals surface area contributed by atoms with E-state index < -0.39 is 9.84 Å². The van der Waals surface area contributed by atoms with Crippen molar-refractivity contribution in [3.8, 4) is 0 Å². The van der Waals surface area contributed by atoms with Gasteiger partial charge in [0.2, 0.25) is 0 Å². The van der Waals surface area contributed by atoms with Crippen LogP contribution in [-0.4, -0.2) is 44.5 Å². The first-order chi connectivity index (χ1) is 5.58. The lowest BCUT2D eigenvalue weighted by Gasteiger charge is -2.06. The van der Waals surface area contributed by atoms with Crippen molar-refractivity contribution < 1.29 is 8.42 Å². The quantitative estimate of drug-likeness (QED) is 0.715. The van der Waals surface area contributed by atoms with Gasteiger partial charge in [0.15, 0.2) is 0 Å². The van der Waals surface area contributed by atoms with E-state index in [9.17, 15) is 8.42 Å². The minimum Gasteiger partial charge on any atom is -0.316 e. The van der Waals surface area contributed by atoms with Gasteiger partial charge in [-0.3, -0.25) is 0 Å². The molecule has 1 rings (SSSR count). The van der Waals surface area contributed by atoms with Crippen LogP contribution in [0, 0.1) is 0 Å². The normalized spacial score (nSPS) is 24.6. The summed E-state index contributed by atoms with van der Waals surface area (Å²) >= 11 is 1.77. The Morgan fingerprint density at radius 1 is 1.58 bits per heavy atom. The summed E-state index contributed by atoms with van der Waals surface area (Å²) in [5.74, 6) is 1.05. The van der Waals surface area contributed by atoms with Crippen molar-refractivity contribution in [1.82, 2.24) is 5.32 Å². The second kappa shape index (κ2) is 4.48. The Morgan fingerprint density at radius 3 is 2.83 bits per heavy atom. The van der Waals surface area contributed by atoms with Gasteiger partial charge in [0.1, 0.15) is 9.84 Å². The van der Waals surface area contributed by atoms with E-state index in [1.807, 2.05) is 0 Å². The fraction of sp³-hybridized carbons (Fsp3) is 1.00. The second-order valence-electron chi connectivity index (χ2n) is 3.12. The maximum atomic E-state index is 10.8. The fourth-order valence-corrected chi connectivity index (χ4v) is 3.59. The third-order valence-electron chi connectivity index (χ3n) is 1.82. The van der Waals surface area contributed by atoms with Gasteiger partial charge in [-0.15, -0.1) is 0 Å². The predicted octanol–water partition coefficient (Wildman–Crippen LogP) is 0.126. The van der Waals surface area contributed by atoms with Crippen molar-refractivity contribution in [2.45, 2.75) is 11.7 Å². The zero-order valence-electron chi connectivity index (χ0n) is 7.25. The molecule has 1 heterocycles. The topological polar surface area (TPSA) is 46.2 Å². The van der Waals surface area contributed by atoms with Gasteiger partial charge in [0, 0.05) is 23.8 Å². The molecule has 0 spiro atoms. The molecule has 1 saturated heterocycles. The molecule has 1 atom stereocenters. The molecule has 1 aliphatic heterocycles. The van der Waals surface area contributed by atoms with Crippen LogP contribution in [0.15, 0.2) is 0 Å². The minimum atomic E-state index is -2.76. The van der Waals surface area contributed by atoms with Crippen LogP contribution in [0.5, 0.6) is 0 Å². The SMILES string of the molecule is CS(=O)(=O)CCSC1CCNC1. The van der Waals surface area contributed by atoms with E-state index in [2.05, 4.69) is 5.32 Å². The fourth-order valence-electron chi connectivity index (χ4n) is 1.14. The number of hydrogen-bond donors (Lipinski definition) is 1. The van der Waals surface area contributed by atoms with E-state index in [0.29, 0.717) is 11.0 Å². The van der Waals surface area contributed by atoms with Crippen LogP contribution in [0.3, 0.4) is 0 Å². The van der Waals surface area contributed by atoms with Crippen molar-refractivity contribution in [3.05, 3.63) is 0 Å². The molecule has 1 fully saturated rings. The molecule has 0 bridgehead atoms. The van der Waals surface area contributed by atoms with Crippen molar-refractivity contribution in [1.29, 1.82) is 0 Å². The van der Waals surface area contributed by atoms with E-state index in [1.165, 1.54) is 12.7 Å². The molecule has 72 valence electrons. The summed E-state index contributed by atoms with van der Waals surface area (Å²) in [5.41, 5.74) is 0. The number of rotatable bonds is 4. The van der Waals surface area contributed by atoms with Gasteiger partial charge in [-0.2, -0.15) is 11.8 Å². The van der Waals surface area contributed by atoms with Crippen molar-refractivity contribution >= 4 is 21.6 Å². The number of hydrogen-bond acceptors (Lipinski definition) is 4. The molecule has 0 amide bonds. The largest absolute Gasteiger partial charge is 0.316 e. The first-order valence-electron chi connectivity index (χ1n) is 4.08. The molecule has 0 saturated carbocycles. The summed E-state index contributed by atoms with van der Waals surface area (Å²) in [6.45, 7) is 2.12. The molecule has 3 nitrogen and oxygen atoms in total. The molecule has 0 aromatic carbocycles. The van der Waals surface area contributed by atoms with Gasteiger partial charge in [0.25, 0.3) is 0 Å². The average Bonchev–Trinajstić information content (AvgIpc) is 2.36. The number of sulfone groups is 1. The summed E-state index contributed by atoms with van der Waals surface area (Å²) < 4.78 is 21.6. The molecule has 1 unspecified atom stereocenters. The smallest absolute Gasteiger partial charge is 0.148 e. The van der Waals surface area contributed by atoms with Gasteiger partial charge in [-0.05, 0) is 13.0 Å². The zero-order chi connectivity index (χ0) is 9.03. The number of nitrogens with one attached hydrogen (secondary N) is 1. The molecular weight excluding hydrogens is 194 g/mol. The molecule has 0 aliphatic carbocycles. The lowest BCUT2D eigenvalue weighted by atomic mass is 10.4. The van der Waals surface area contributed by atoms with Crippen LogP contribution < -0.4 is 5.32 Å². The van der Waals surface area contributed by atoms with Gasteiger partial charge in [-0.25, -0.2) is 8.42 Å². The zero-order valence-corrected chi connectivity index (χ0v) is 8.88. The Bertz CT molecular complexity index is 220. The van der Waals surface area contributed by atoms with Crippen molar-refractivity contribution in [3.63, 3.8) is 0 Å². The summed E-state index contributed by atoms with van der Waals surface area (Å²) in [4.78, 5) is 0. The van der Waals surface area contributed by atoms with Gasteiger partial charge in [-0.1, -0.05) is 0 Å². The molecular formula is C7H15NO2S2. The van der Waals surface area contributed by atoms with Gasteiger partial charge < -0.3 is 5.32 Å². The first-order valence-corrected chi connectivity index (χ1v) is 7.19. The van der Waals surface area contributed by atoms with E-state index in [4.69, 9.17) is 0 Å². The molecule has 0 radical (unpaired) electrons. The Labute approximate surface area is 78.2 Å². The van der Waals surface area contributed by atoms with Crippen molar-refractivity contribution in [2.75, 3.05) is 30.9 Å². The van der Waals surface area contributed by atoms with Crippen LogP contribution >= 0.6 is 11.8 Å². The van der Waals surface area contributed by atoms with E-state index in [0.717, 1.165) is 18.8 Å². The lowest BCUT2D eigenvalue weighted by Crippen LogP contribution is -2.13. The Morgan fingerprint density at radius 2 is 2.33 bits per heavy atom. The molecule has 0 aromatic rings. The summed E-state index contributed by atoms with van der Waals surface area (Å²) in [7, 11) is -2.76. The number of thioether (sulfide) groups is 1. The molecule has 1 N–H and O–H groups in total. The molecule has 0 aromatic heterocycles. The maximum absolute atomic E-state index is 10.8. The lowest BCUT2D eigenvalue weighted by molar-refractivity contribution is 0.603. The van der Waals surface area contributed by atoms with Crippen LogP contribution in [0.25, 0.3) is 0 Å². The third-order valence-corrected chi connectivity index (χ3v) is 4.34. The standard InChI is InChI=1S/C7H15NO2S2/c1-12(9,10)5-4-11-7-2-3-8-6-7/h7-8H,2-6H2,1H3. The predicted molar refractivity (Wildman–Crippen MR) is 53.4 cm³/mol. The molecule has 1 aliphatic rings. The highest BCUT2D eigenvalue weighted by molar-refractivity contribution is 8.01. The Hall–Kier alpha value is 0.260. The van der Waals surface area contributed by atoms with Crippen molar-refractivity contribution in [2.24, 2.45) is 0 Å². The Kier molecular flexibility index (Phi) is 3.86. The monoisotopic (exact) mass is 209 g/mol. The Balaban J connectivity index is 2.09. The molecule has 5 heteroatoms. The first kappa shape index (κ1) is 10.3. The average molecular weight is 209 g/mol. The summed E-state index contributed by atoms with van der Waals surface area (Å²) in [6.07, 6.45) is 2.47. The summed E-state index contributed by atoms with van der Waals surface area (Å²) in [5, 5.41) is 3.88. The van der Waals surface area contributed by atoms with Gasteiger partial charge >= 0.3 is 0 Å². The summed E-state index contributed by atoms with van der Waals surface area (Å²) in [6, 6.07) is 0. The van der Waals surface area contributed by atoms with Crippen LogP contribution in [0.2, 0.25) is 0 Å². The molecule has 12 heavy (non-hydrogen) atoms. The minimum absolute atomic E-state index is 0.314. The highest BCUT2D eigenvalue weighted by Gasteiger charge is 2.14.